The first-order valence-corrected chi connectivity index (χ1v) is 14.9. The lowest BCUT2D eigenvalue weighted by Crippen LogP contribution is -2.54. The largest absolute Gasteiger partial charge is 0.598 e. The van der Waals surface area contributed by atoms with Gasteiger partial charge in [0, 0.05) is 46.7 Å². The SMILES string of the molecule is C=NC1=C(/C=C\C)[C@@H](N[S+]([O-])C(C)(C)C)C2(CCN(c3ccc(Sc4ccnc(N)c4Cl)c(N)n3)CC2)C1. The number of allylic oxidation sites excluding steroid dienone is 2. The lowest BCUT2D eigenvalue weighted by molar-refractivity contribution is 0.193. The van der Waals surface area contributed by atoms with Crippen molar-refractivity contribution in [3.63, 3.8) is 0 Å². The molecule has 1 unspecified atom stereocenters. The highest BCUT2D eigenvalue weighted by Gasteiger charge is 2.51. The van der Waals surface area contributed by atoms with Crippen LogP contribution in [0.15, 0.2) is 62.6 Å². The standard InChI is InChI=1S/C27H36ClN7OS2/c1-6-7-17-18(31-5)16-27(23(17)34-38(36)26(2,3)4)11-14-35(15-12-27)21-9-8-20(24(29)33-21)37-19-10-13-32-25(30)22(19)28/h6-10,13,23,34H,5,11-12,14-16H2,1-4H3,(H2,29,33)(H2,30,32)/b7-6-/t23-,38?/m1/s1. The molecule has 0 amide bonds. The third-order valence-corrected chi connectivity index (χ3v) is 10.3. The van der Waals surface area contributed by atoms with Crippen LogP contribution in [0.2, 0.25) is 5.02 Å². The molecule has 0 aromatic carbocycles. The summed E-state index contributed by atoms with van der Waals surface area (Å²) in [5.74, 6) is 1.57. The number of aromatic nitrogens is 2. The number of hydrogen-bond donors (Lipinski definition) is 3. The van der Waals surface area contributed by atoms with Crippen molar-refractivity contribution in [2.45, 2.75) is 67.5 Å². The second-order valence-corrected chi connectivity index (χ2v) is 14.1. The van der Waals surface area contributed by atoms with E-state index in [9.17, 15) is 4.55 Å². The van der Waals surface area contributed by atoms with Gasteiger partial charge in [0.25, 0.3) is 0 Å². The molecule has 1 saturated heterocycles. The van der Waals surface area contributed by atoms with E-state index in [2.05, 4.69) is 32.4 Å². The molecule has 0 bridgehead atoms. The van der Waals surface area contributed by atoms with Crippen molar-refractivity contribution in [1.82, 2.24) is 14.7 Å². The van der Waals surface area contributed by atoms with Crippen molar-refractivity contribution in [2.24, 2.45) is 10.4 Å². The van der Waals surface area contributed by atoms with Crippen molar-refractivity contribution >= 4 is 58.9 Å². The van der Waals surface area contributed by atoms with E-state index in [4.69, 9.17) is 28.1 Å². The normalized spacial score (nSPS) is 20.5. The van der Waals surface area contributed by atoms with Crippen molar-refractivity contribution in [3.05, 3.63) is 52.8 Å². The number of aliphatic imine (C=N–C) groups is 1. The van der Waals surface area contributed by atoms with Crippen LogP contribution < -0.4 is 21.1 Å². The molecule has 2 aromatic heterocycles. The minimum Gasteiger partial charge on any atom is -0.598 e. The number of hydrogen-bond acceptors (Lipinski definition) is 9. The monoisotopic (exact) mass is 573 g/mol. The number of halogens is 1. The molecule has 2 aliphatic rings. The third-order valence-electron chi connectivity index (χ3n) is 7.15. The van der Waals surface area contributed by atoms with E-state index in [1.165, 1.54) is 11.8 Å². The smallest absolute Gasteiger partial charge is 0.143 e. The van der Waals surface area contributed by atoms with Gasteiger partial charge in [-0.15, -0.1) is 4.72 Å². The van der Waals surface area contributed by atoms with Gasteiger partial charge in [-0.3, -0.25) is 4.99 Å². The number of nitrogens with zero attached hydrogens (tertiary/aromatic N) is 4. The van der Waals surface area contributed by atoms with Gasteiger partial charge < -0.3 is 20.9 Å². The van der Waals surface area contributed by atoms with Gasteiger partial charge in [-0.25, -0.2) is 9.97 Å². The predicted octanol–water partition coefficient (Wildman–Crippen LogP) is 5.39. The zero-order chi connectivity index (χ0) is 27.7. The topological polar surface area (TPSA) is 129 Å². The Kier molecular flexibility index (Phi) is 8.68. The van der Waals surface area contributed by atoms with Crippen molar-refractivity contribution in [1.29, 1.82) is 0 Å². The summed E-state index contributed by atoms with van der Waals surface area (Å²) in [5, 5.41) is 0.411. The molecular weight excluding hydrogens is 538 g/mol. The van der Waals surface area contributed by atoms with Crippen molar-refractivity contribution in [2.75, 3.05) is 29.5 Å². The molecule has 3 heterocycles. The molecule has 4 rings (SSSR count). The molecule has 1 spiro atoms. The Bertz CT molecular complexity index is 1250. The second-order valence-electron chi connectivity index (χ2n) is 10.7. The maximum atomic E-state index is 13.2. The summed E-state index contributed by atoms with van der Waals surface area (Å²) in [6.45, 7) is 13.4. The van der Waals surface area contributed by atoms with Crippen molar-refractivity contribution in [3.8, 4) is 0 Å². The van der Waals surface area contributed by atoms with Gasteiger partial charge in [0.15, 0.2) is 0 Å². The number of nitrogen functional groups attached to an aromatic ring is 2. The fourth-order valence-electron chi connectivity index (χ4n) is 5.02. The molecule has 0 radical (unpaired) electrons. The highest BCUT2D eigenvalue weighted by Crippen LogP contribution is 2.51. The maximum absolute atomic E-state index is 13.2. The predicted molar refractivity (Wildman–Crippen MR) is 161 cm³/mol. The van der Waals surface area contributed by atoms with Crippen LogP contribution in [-0.2, 0) is 11.4 Å². The highest BCUT2D eigenvalue weighted by atomic mass is 35.5. The Morgan fingerprint density at radius 3 is 2.55 bits per heavy atom. The summed E-state index contributed by atoms with van der Waals surface area (Å²) < 4.78 is 16.3. The molecule has 5 N–H and O–H groups in total. The van der Waals surface area contributed by atoms with E-state index in [-0.39, 0.29) is 22.0 Å². The van der Waals surface area contributed by atoms with E-state index < -0.39 is 11.4 Å². The lowest BCUT2D eigenvalue weighted by Gasteiger charge is -2.44. The number of nitrogens with one attached hydrogen (secondary N) is 1. The van der Waals surface area contributed by atoms with E-state index in [0.29, 0.717) is 10.8 Å². The van der Waals surface area contributed by atoms with Crippen LogP contribution in [0.5, 0.6) is 0 Å². The number of pyridine rings is 2. The molecule has 2 atom stereocenters. The molecule has 38 heavy (non-hydrogen) atoms. The molecule has 11 heteroatoms. The molecular formula is C27H36ClN7OS2. The van der Waals surface area contributed by atoms with Crippen LogP contribution >= 0.6 is 23.4 Å². The van der Waals surface area contributed by atoms with Crippen LogP contribution in [-0.4, -0.2) is 45.1 Å². The summed E-state index contributed by atoms with van der Waals surface area (Å²) in [6, 6.07) is 5.71. The Morgan fingerprint density at radius 2 is 1.95 bits per heavy atom. The Balaban J connectivity index is 1.52. The summed E-state index contributed by atoms with van der Waals surface area (Å²) in [6.07, 6.45) is 8.33. The minimum atomic E-state index is -1.21. The summed E-state index contributed by atoms with van der Waals surface area (Å²) in [4.78, 5) is 16.9. The molecule has 1 fully saturated rings. The number of nitrogens with two attached hydrogens (primary N) is 2. The van der Waals surface area contributed by atoms with Gasteiger partial charge in [-0.2, -0.15) is 0 Å². The quantitative estimate of drug-likeness (QED) is 0.297. The summed E-state index contributed by atoms with van der Waals surface area (Å²) >= 11 is 6.51. The van der Waals surface area contributed by atoms with Gasteiger partial charge in [-0.05, 0) is 77.4 Å². The fourth-order valence-corrected chi connectivity index (χ4v) is 7.04. The summed E-state index contributed by atoms with van der Waals surface area (Å²) in [7, 11) is 0. The first kappa shape index (κ1) is 28.8. The maximum Gasteiger partial charge on any atom is 0.143 e. The molecule has 8 nitrogen and oxygen atoms in total. The van der Waals surface area contributed by atoms with E-state index in [1.807, 2.05) is 52.0 Å². The molecule has 2 aromatic rings. The van der Waals surface area contributed by atoms with Gasteiger partial charge in [-0.1, -0.05) is 35.5 Å². The van der Waals surface area contributed by atoms with E-state index >= 15 is 0 Å². The molecule has 1 aliphatic carbocycles. The Hall–Kier alpha value is -2.24. The number of rotatable bonds is 7. The Morgan fingerprint density at radius 1 is 1.24 bits per heavy atom. The van der Waals surface area contributed by atoms with Gasteiger partial charge >= 0.3 is 0 Å². The minimum absolute atomic E-state index is 0.0595. The van der Waals surface area contributed by atoms with Gasteiger partial charge in [0.2, 0.25) is 0 Å². The van der Waals surface area contributed by atoms with E-state index in [0.717, 1.165) is 59.2 Å². The zero-order valence-electron chi connectivity index (χ0n) is 22.3. The van der Waals surface area contributed by atoms with Crippen molar-refractivity contribution < 1.29 is 4.55 Å². The van der Waals surface area contributed by atoms with Gasteiger partial charge in [0.1, 0.15) is 22.2 Å². The van der Waals surface area contributed by atoms with Crippen LogP contribution in [0.1, 0.15) is 47.0 Å². The number of piperidine rings is 1. The van der Waals surface area contributed by atoms with Crippen LogP contribution in [0.3, 0.4) is 0 Å². The molecule has 204 valence electrons. The molecule has 0 saturated carbocycles. The lowest BCUT2D eigenvalue weighted by atomic mass is 9.72. The van der Waals surface area contributed by atoms with Crippen LogP contribution in [0.25, 0.3) is 0 Å². The summed E-state index contributed by atoms with van der Waals surface area (Å²) in [5.41, 5.74) is 14.2. The number of anilines is 3. The van der Waals surface area contributed by atoms with E-state index in [1.54, 1.807) is 6.20 Å². The zero-order valence-corrected chi connectivity index (χ0v) is 24.7. The van der Waals surface area contributed by atoms with Gasteiger partial charge in [0.05, 0.1) is 16.0 Å². The first-order valence-electron chi connectivity index (χ1n) is 12.6. The Labute approximate surface area is 237 Å². The average Bonchev–Trinajstić information content (AvgIpc) is 3.15. The third kappa shape index (κ3) is 5.84. The fraction of sp³-hybridized carbons (Fsp3) is 0.444. The average molecular weight is 574 g/mol. The van der Waals surface area contributed by atoms with Crippen LogP contribution in [0, 0.1) is 5.41 Å². The highest BCUT2D eigenvalue weighted by molar-refractivity contribution is 7.99. The second kappa shape index (κ2) is 11.5. The molecule has 1 aliphatic heterocycles. The van der Waals surface area contributed by atoms with Crippen LogP contribution in [0.4, 0.5) is 17.5 Å². The first-order chi connectivity index (χ1) is 18.0.